The van der Waals surface area contributed by atoms with E-state index in [-0.39, 0.29) is 0 Å². The van der Waals surface area contributed by atoms with E-state index in [1.165, 1.54) is 24.6 Å². The Bertz CT molecular complexity index is 570. The number of anilines is 2. The first kappa shape index (κ1) is 13.1. The van der Waals surface area contributed by atoms with Crippen LogP contribution in [-0.2, 0) is 0 Å². The Morgan fingerprint density at radius 1 is 1.10 bits per heavy atom. The maximum atomic E-state index is 4.56. The minimum atomic E-state index is 0.610. The average molecular weight is 288 g/mol. The standard InChI is InChI=1S/C13H16N6S/c1-14-11-16-12(19-8-2-3-9-19)18-13(17-11)20-10-4-6-15-7-5-10/h4-7H,2-3,8-9H2,1H3,(H,14,16,17,18). The van der Waals surface area contributed by atoms with Gasteiger partial charge in [-0.1, -0.05) is 0 Å². The third kappa shape index (κ3) is 2.98. The van der Waals surface area contributed by atoms with Crippen LogP contribution in [0.3, 0.4) is 0 Å². The summed E-state index contributed by atoms with van der Waals surface area (Å²) in [6.07, 6.45) is 5.94. The molecule has 0 atom stereocenters. The highest BCUT2D eigenvalue weighted by Crippen LogP contribution is 2.26. The maximum Gasteiger partial charge on any atom is 0.231 e. The molecular formula is C13H16N6S. The number of nitrogens with zero attached hydrogens (tertiary/aromatic N) is 5. The summed E-state index contributed by atoms with van der Waals surface area (Å²) in [7, 11) is 1.82. The zero-order valence-corrected chi connectivity index (χ0v) is 12.1. The lowest BCUT2D eigenvalue weighted by atomic mass is 10.4. The summed E-state index contributed by atoms with van der Waals surface area (Å²) < 4.78 is 0. The number of pyridine rings is 1. The molecule has 3 heterocycles. The molecule has 2 aromatic rings. The molecule has 6 nitrogen and oxygen atoms in total. The van der Waals surface area contributed by atoms with Gasteiger partial charge in [0, 0.05) is 37.4 Å². The molecule has 1 aliphatic heterocycles. The Morgan fingerprint density at radius 2 is 1.85 bits per heavy atom. The molecule has 0 bridgehead atoms. The molecule has 0 unspecified atom stereocenters. The highest BCUT2D eigenvalue weighted by Gasteiger charge is 2.17. The smallest absolute Gasteiger partial charge is 0.231 e. The zero-order chi connectivity index (χ0) is 13.8. The van der Waals surface area contributed by atoms with Gasteiger partial charge in [-0.2, -0.15) is 15.0 Å². The first-order chi connectivity index (χ1) is 9.85. The molecular weight excluding hydrogens is 272 g/mol. The predicted octanol–water partition coefficient (Wildman–Crippen LogP) is 2.06. The van der Waals surface area contributed by atoms with Gasteiger partial charge in [0.15, 0.2) is 5.16 Å². The van der Waals surface area contributed by atoms with Gasteiger partial charge in [0.1, 0.15) is 0 Å². The molecule has 0 amide bonds. The van der Waals surface area contributed by atoms with E-state index in [9.17, 15) is 0 Å². The van der Waals surface area contributed by atoms with Crippen molar-refractivity contribution >= 4 is 23.7 Å². The van der Waals surface area contributed by atoms with Crippen LogP contribution >= 0.6 is 11.8 Å². The maximum absolute atomic E-state index is 4.56. The zero-order valence-electron chi connectivity index (χ0n) is 11.3. The molecule has 0 aliphatic carbocycles. The lowest BCUT2D eigenvalue weighted by Crippen LogP contribution is -2.21. The fourth-order valence-corrected chi connectivity index (χ4v) is 2.80. The second kappa shape index (κ2) is 6.04. The molecule has 0 saturated carbocycles. The SMILES string of the molecule is CNc1nc(Sc2ccncc2)nc(N2CCCC2)n1. The van der Waals surface area contributed by atoms with Gasteiger partial charge in [-0.3, -0.25) is 4.98 Å². The molecule has 20 heavy (non-hydrogen) atoms. The van der Waals surface area contributed by atoms with Crippen molar-refractivity contribution in [1.82, 2.24) is 19.9 Å². The van der Waals surface area contributed by atoms with Crippen LogP contribution in [0.15, 0.2) is 34.6 Å². The Morgan fingerprint density at radius 3 is 2.55 bits per heavy atom. The normalized spacial score (nSPS) is 14.6. The van der Waals surface area contributed by atoms with Gasteiger partial charge >= 0.3 is 0 Å². The first-order valence-electron chi connectivity index (χ1n) is 6.62. The Labute approximate surface area is 122 Å². The first-order valence-corrected chi connectivity index (χ1v) is 7.43. The van der Waals surface area contributed by atoms with E-state index in [4.69, 9.17) is 0 Å². The van der Waals surface area contributed by atoms with Crippen molar-refractivity contribution in [2.75, 3.05) is 30.4 Å². The third-order valence-corrected chi connectivity index (χ3v) is 3.95. The molecule has 0 spiro atoms. The highest BCUT2D eigenvalue weighted by atomic mass is 32.2. The second-order valence-electron chi connectivity index (χ2n) is 4.47. The van der Waals surface area contributed by atoms with Crippen molar-refractivity contribution in [3.63, 3.8) is 0 Å². The number of hydrogen-bond acceptors (Lipinski definition) is 7. The van der Waals surface area contributed by atoms with E-state index in [0.29, 0.717) is 11.1 Å². The molecule has 3 rings (SSSR count). The Kier molecular flexibility index (Phi) is 3.96. The molecule has 1 aliphatic rings. The van der Waals surface area contributed by atoms with Gasteiger partial charge < -0.3 is 10.2 Å². The summed E-state index contributed by atoms with van der Waals surface area (Å²) >= 11 is 1.52. The van der Waals surface area contributed by atoms with Crippen LogP contribution < -0.4 is 10.2 Å². The van der Waals surface area contributed by atoms with E-state index in [2.05, 4.69) is 30.2 Å². The van der Waals surface area contributed by atoms with Crippen molar-refractivity contribution in [1.29, 1.82) is 0 Å². The largest absolute Gasteiger partial charge is 0.357 e. The van der Waals surface area contributed by atoms with Gasteiger partial charge in [-0.15, -0.1) is 0 Å². The average Bonchev–Trinajstić information content (AvgIpc) is 3.02. The highest BCUT2D eigenvalue weighted by molar-refractivity contribution is 7.99. The molecule has 0 radical (unpaired) electrons. The van der Waals surface area contributed by atoms with Gasteiger partial charge in [-0.05, 0) is 36.7 Å². The summed E-state index contributed by atoms with van der Waals surface area (Å²) in [6.45, 7) is 2.04. The number of aromatic nitrogens is 4. The molecule has 1 N–H and O–H groups in total. The monoisotopic (exact) mass is 288 g/mol. The second-order valence-corrected chi connectivity index (χ2v) is 5.51. The van der Waals surface area contributed by atoms with E-state index < -0.39 is 0 Å². The fourth-order valence-electron chi connectivity index (χ4n) is 2.07. The molecule has 1 fully saturated rings. The molecule has 7 heteroatoms. The van der Waals surface area contributed by atoms with Crippen molar-refractivity contribution < 1.29 is 0 Å². The minimum absolute atomic E-state index is 0.610. The summed E-state index contributed by atoms with van der Waals surface area (Å²) in [4.78, 5) is 20.7. The minimum Gasteiger partial charge on any atom is -0.357 e. The van der Waals surface area contributed by atoms with Gasteiger partial charge in [0.2, 0.25) is 11.9 Å². The lowest BCUT2D eigenvalue weighted by Gasteiger charge is -2.16. The van der Waals surface area contributed by atoms with Crippen molar-refractivity contribution in [3.8, 4) is 0 Å². The van der Waals surface area contributed by atoms with Crippen molar-refractivity contribution in [2.45, 2.75) is 22.9 Å². The van der Waals surface area contributed by atoms with Gasteiger partial charge in [-0.25, -0.2) is 0 Å². The van der Waals surface area contributed by atoms with E-state index in [1.807, 2.05) is 19.2 Å². The van der Waals surface area contributed by atoms with E-state index >= 15 is 0 Å². The van der Waals surface area contributed by atoms with Gasteiger partial charge in [0.05, 0.1) is 0 Å². The number of hydrogen-bond donors (Lipinski definition) is 1. The molecule has 104 valence electrons. The van der Waals surface area contributed by atoms with Crippen molar-refractivity contribution in [3.05, 3.63) is 24.5 Å². The van der Waals surface area contributed by atoms with Crippen molar-refractivity contribution in [2.24, 2.45) is 0 Å². The topological polar surface area (TPSA) is 66.8 Å². The summed E-state index contributed by atoms with van der Waals surface area (Å²) in [5.74, 6) is 1.37. The molecule has 2 aromatic heterocycles. The van der Waals surface area contributed by atoms with Crippen LogP contribution in [0.25, 0.3) is 0 Å². The fraction of sp³-hybridized carbons (Fsp3) is 0.385. The molecule has 1 saturated heterocycles. The van der Waals surface area contributed by atoms with Crippen LogP contribution in [0.4, 0.5) is 11.9 Å². The number of nitrogens with one attached hydrogen (secondary N) is 1. The molecule has 0 aromatic carbocycles. The summed E-state index contributed by atoms with van der Waals surface area (Å²) in [6, 6.07) is 3.89. The summed E-state index contributed by atoms with van der Waals surface area (Å²) in [5.41, 5.74) is 0. The van der Waals surface area contributed by atoms with E-state index in [0.717, 1.165) is 23.9 Å². The van der Waals surface area contributed by atoms with Gasteiger partial charge in [0.25, 0.3) is 0 Å². The van der Waals surface area contributed by atoms with Crippen LogP contribution in [0.1, 0.15) is 12.8 Å². The Hall–Kier alpha value is -1.89. The quantitative estimate of drug-likeness (QED) is 0.923. The Balaban J connectivity index is 1.87. The lowest BCUT2D eigenvalue weighted by molar-refractivity contribution is 0.830. The third-order valence-electron chi connectivity index (χ3n) is 3.07. The predicted molar refractivity (Wildman–Crippen MR) is 79.2 cm³/mol. The van der Waals surface area contributed by atoms with Crippen LogP contribution in [0.2, 0.25) is 0 Å². The van der Waals surface area contributed by atoms with Crippen LogP contribution in [-0.4, -0.2) is 40.1 Å². The number of rotatable bonds is 4. The van der Waals surface area contributed by atoms with Crippen LogP contribution in [0, 0.1) is 0 Å². The van der Waals surface area contributed by atoms with E-state index in [1.54, 1.807) is 12.4 Å². The summed E-state index contributed by atoms with van der Waals surface area (Å²) in [5, 5.41) is 3.71. The van der Waals surface area contributed by atoms with Crippen LogP contribution in [0.5, 0.6) is 0 Å².